The Bertz CT molecular complexity index is 1240. The molecule has 2 aliphatic rings. The Balaban J connectivity index is 1.87. The summed E-state index contributed by atoms with van der Waals surface area (Å²) >= 11 is 10.1. The normalized spacial score (nSPS) is 13.0. The van der Waals surface area contributed by atoms with Crippen LogP contribution in [0.4, 0.5) is 0 Å². The number of thiophene rings is 2. The minimum Gasteiger partial charge on any atom is -0.297 e. The lowest BCUT2D eigenvalue weighted by atomic mass is 9.98. The van der Waals surface area contributed by atoms with Crippen LogP contribution < -0.4 is 0 Å². The minimum atomic E-state index is 0.764. The van der Waals surface area contributed by atoms with Gasteiger partial charge in [0, 0.05) is 51.6 Å². The highest BCUT2D eigenvalue weighted by atomic mass is 32.2. The van der Waals surface area contributed by atoms with Gasteiger partial charge in [-0.1, -0.05) is 0 Å². The van der Waals surface area contributed by atoms with Crippen LogP contribution in [-0.2, 0) is 0 Å². The Labute approximate surface area is 212 Å². The average molecular weight is 531 g/mol. The molecule has 162 valence electrons. The van der Waals surface area contributed by atoms with Crippen molar-refractivity contribution in [3.8, 4) is 20.9 Å². The summed E-state index contributed by atoms with van der Waals surface area (Å²) in [5, 5.41) is 0. The topological polar surface area (TPSA) is 34.1 Å². The van der Waals surface area contributed by atoms with E-state index in [0.29, 0.717) is 0 Å². The van der Waals surface area contributed by atoms with Gasteiger partial charge in [0.05, 0.1) is 9.75 Å². The van der Waals surface area contributed by atoms with E-state index in [2.05, 4.69) is 37.2 Å². The van der Waals surface area contributed by atoms with Crippen LogP contribution in [0.1, 0.15) is 41.6 Å². The van der Waals surface area contributed by atoms with Crippen molar-refractivity contribution in [2.75, 3.05) is 25.0 Å². The standard InChI is InChI=1S/C24H18O2S6/c1-27-23(28-2)19-13-7-16-14(8-15(13)21-17(19)5-11(9-25)31-21)20(24(29-3)30-4)18-6-12(10-26)32-22(16)18/h5-10H,1-4H3. The van der Waals surface area contributed by atoms with Crippen molar-refractivity contribution in [3.05, 3.63) is 64.7 Å². The maximum absolute atomic E-state index is 11.6. The fourth-order valence-electron chi connectivity index (χ4n) is 4.40. The van der Waals surface area contributed by atoms with Crippen LogP contribution in [0.3, 0.4) is 0 Å². The van der Waals surface area contributed by atoms with E-state index in [4.69, 9.17) is 0 Å². The second-order valence-electron chi connectivity index (χ2n) is 7.10. The first-order valence-corrected chi connectivity index (χ1v) is 16.2. The van der Waals surface area contributed by atoms with Crippen LogP contribution in [0, 0.1) is 0 Å². The summed E-state index contributed by atoms with van der Waals surface area (Å²) in [6.45, 7) is 0. The van der Waals surface area contributed by atoms with Gasteiger partial charge < -0.3 is 0 Å². The van der Waals surface area contributed by atoms with Crippen molar-refractivity contribution in [3.63, 3.8) is 0 Å². The first kappa shape index (κ1) is 22.6. The molecule has 0 spiro atoms. The average Bonchev–Trinajstić information content (AvgIpc) is 3.55. The molecule has 2 aliphatic carbocycles. The van der Waals surface area contributed by atoms with Crippen LogP contribution in [0.2, 0.25) is 0 Å². The summed E-state index contributed by atoms with van der Waals surface area (Å²) in [5.41, 5.74) is 9.64. The van der Waals surface area contributed by atoms with Gasteiger partial charge in [-0.25, -0.2) is 0 Å². The van der Waals surface area contributed by atoms with Gasteiger partial charge in [-0.05, 0) is 60.4 Å². The van der Waals surface area contributed by atoms with E-state index in [9.17, 15) is 9.59 Å². The SMILES string of the molecule is CSC(SC)=C1c2cc3c(cc2-c2sc(C=O)cc21)C(=C(SC)SC)c1cc(C=O)sc1-3. The number of benzene rings is 1. The number of carbonyl (C=O) groups excluding carboxylic acids is 2. The summed E-state index contributed by atoms with van der Waals surface area (Å²) in [4.78, 5) is 27.0. The highest BCUT2D eigenvalue weighted by Crippen LogP contribution is 2.58. The van der Waals surface area contributed by atoms with Crippen LogP contribution in [0.15, 0.2) is 32.7 Å². The Morgan fingerprint density at radius 2 is 0.969 bits per heavy atom. The lowest BCUT2D eigenvalue weighted by molar-refractivity contribution is 0.111. The van der Waals surface area contributed by atoms with Crippen molar-refractivity contribution in [2.45, 2.75) is 0 Å². The van der Waals surface area contributed by atoms with E-state index in [1.54, 1.807) is 69.7 Å². The molecule has 2 nitrogen and oxygen atoms in total. The fraction of sp³-hybridized carbons (Fsp3) is 0.167. The zero-order chi connectivity index (χ0) is 22.6. The molecule has 0 amide bonds. The maximum atomic E-state index is 11.6. The van der Waals surface area contributed by atoms with Crippen LogP contribution in [-0.4, -0.2) is 37.6 Å². The van der Waals surface area contributed by atoms with E-state index in [1.165, 1.54) is 51.6 Å². The Morgan fingerprint density at radius 1 is 0.594 bits per heavy atom. The van der Waals surface area contributed by atoms with Gasteiger partial charge in [0.25, 0.3) is 0 Å². The van der Waals surface area contributed by atoms with Gasteiger partial charge in [-0.15, -0.1) is 69.7 Å². The van der Waals surface area contributed by atoms with Gasteiger partial charge in [-0.2, -0.15) is 0 Å². The summed E-state index contributed by atoms with van der Waals surface area (Å²) in [5.74, 6) is 0. The summed E-state index contributed by atoms with van der Waals surface area (Å²) in [6, 6.07) is 8.70. The molecule has 0 aliphatic heterocycles. The highest BCUT2D eigenvalue weighted by molar-refractivity contribution is 8.22. The molecule has 0 atom stereocenters. The van der Waals surface area contributed by atoms with Crippen molar-refractivity contribution >= 4 is 93.4 Å². The van der Waals surface area contributed by atoms with Gasteiger partial charge in [0.15, 0.2) is 12.6 Å². The number of thioether (sulfide) groups is 4. The molecule has 1 aromatic carbocycles. The van der Waals surface area contributed by atoms with E-state index in [1.807, 2.05) is 12.1 Å². The molecular formula is C24H18O2S6. The summed E-state index contributed by atoms with van der Waals surface area (Å²) in [6.07, 6.45) is 10.3. The maximum Gasteiger partial charge on any atom is 0.160 e. The molecule has 5 rings (SSSR count). The molecule has 2 aromatic heterocycles. The van der Waals surface area contributed by atoms with E-state index < -0.39 is 0 Å². The number of rotatable bonds is 6. The lowest BCUT2D eigenvalue weighted by Gasteiger charge is -2.12. The van der Waals surface area contributed by atoms with Gasteiger partial charge in [-0.3, -0.25) is 9.59 Å². The van der Waals surface area contributed by atoms with Crippen molar-refractivity contribution in [1.29, 1.82) is 0 Å². The Kier molecular flexibility index (Phi) is 6.28. The first-order chi connectivity index (χ1) is 15.6. The first-order valence-electron chi connectivity index (χ1n) is 9.62. The Morgan fingerprint density at radius 3 is 1.28 bits per heavy atom. The second kappa shape index (κ2) is 8.89. The highest BCUT2D eigenvalue weighted by Gasteiger charge is 2.35. The largest absolute Gasteiger partial charge is 0.297 e. The van der Waals surface area contributed by atoms with Gasteiger partial charge >= 0.3 is 0 Å². The molecule has 2 heterocycles. The van der Waals surface area contributed by atoms with Crippen LogP contribution >= 0.6 is 69.7 Å². The molecule has 0 radical (unpaired) electrons. The smallest absolute Gasteiger partial charge is 0.160 e. The van der Waals surface area contributed by atoms with Crippen LogP contribution in [0.25, 0.3) is 32.0 Å². The monoisotopic (exact) mass is 530 g/mol. The molecule has 0 saturated carbocycles. The van der Waals surface area contributed by atoms with E-state index in [0.717, 1.165) is 33.5 Å². The third-order valence-electron chi connectivity index (χ3n) is 5.61. The van der Waals surface area contributed by atoms with Crippen LogP contribution in [0.5, 0.6) is 0 Å². The number of hydrogen-bond donors (Lipinski definition) is 0. The van der Waals surface area contributed by atoms with Crippen molar-refractivity contribution in [1.82, 2.24) is 0 Å². The Hall–Kier alpha value is -1.16. The van der Waals surface area contributed by atoms with Crippen molar-refractivity contribution in [2.24, 2.45) is 0 Å². The third-order valence-corrected chi connectivity index (χ3v) is 12.1. The van der Waals surface area contributed by atoms with E-state index >= 15 is 0 Å². The van der Waals surface area contributed by atoms with E-state index in [-0.39, 0.29) is 0 Å². The molecule has 0 saturated heterocycles. The van der Waals surface area contributed by atoms with Gasteiger partial charge in [0.2, 0.25) is 0 Å². The predicted molar refractivity (Wildman–Crippen MR) is 150 cm³/mol. The predicted octanol–water partition coefficient (Wildman–Crippen LogP) is 8.28. The minimum absolute atomic E-state index is 0.764. The molecule has 32 heavy (non-hydrogen) atoms. The second-order valence-corrected chi connectivity index (χ2v) is 13.1. The summed E-state index contributed by atoms with van der Waals surface area (Å²) in [7, 11) is 0. The third kappa shape index (κ3) is 3.26. The molecule has 8 heteroatoms. The number of hydrogen-bond acceptors (Lipinski definition) is 8. The van der Waals surface area contributed by atoms with Gasteiger partial charge in [0.1, 0.15) is 0 Å². The number of carbonyl (C=O) groups is 2. The fourth-order valence-corrected chi connectivity index (χ4v) is 9.45. The molecule has 0 fully saturated rings. The molecule has 0 unspecified atom stereocenters. The number of aldehydes is 2. The molecule has 3 aromatic rings. The molecular weight excluding hydrogens is 513 g/mol. The summed E-state index contributed by atoms with van der Waals surface area (Å²) < 4.78 is 2.51. The number of fused-ring (bicyclic) bond motifs is 6. The zero-order valence-electron chi connectivity index (χ0n) is 17.7. The lowest BCUT2D eigenvalue weighted by Crippen LogP contribution is -1.90. The molecule has 0 N–H and O–H groups in total. The molecule has 0 bridgehead atoms. The van der Waals surface area contributed by atoms with Crippen molar-refractivity contribution < 1.29 is 9.59 Å². The quantitative estimate of drug-likeness (QED) is 0.206. The zero-order valence-corrected chi connectivity index (χ0v) is 22.6.